The number of esters is 3. The van der Waals surface area contributed by atoms with E-state index in [2.05, 4.69) is 20.8 Å². The van der Waals surface area contributed by atoms with Crippen LogP contribution in [0, 0.1) is 0 Å². The van der Waals surface area contributed by atoms with E-state index >= 15 is 0 Å². The Kier molecular flexibility index (Phi) is 10.7. The molecule has 1 heterocycles. The molecule has 9 nitrogen and oxygen atoms in total. The van der Waals surface area contributed by atoms with Gasteiger partial charge in [-0.1, -0.05) is 75.4 Å². The van der Waals surface area contributed by atoms with Gasteiger partial charge in [0, 0.05) is 7.11 Å². The van der Waals surface area contributed by atoms with Crippen molar-refractivity contribution >= 4 is 26.2 Å². The summed E-state index contributed by atoms with van der Waals surface area (Å²) >= 11 is 0. The van der Waals surface area contributed by atoms with Gasteiger partial charge in [-0.05, 0) is 54.5 Å². The van der Waals surface area contributed by atoms with E-state index in [1.165, 1.54) is 7.11 Å². The van der Waals surface area contributed by atoms with Gasteiger partial charge in [-0.15, -0.1) is 0 Å². The van der Waals surface area contributed by atoms with Crippen LogP contribution in [0.15, 0.2) is 91.0 Å². The summed E-state index contributed by atoms with van der Waals surface area (Å²) in [7, 11) is -1.19. The number of methoxy groups -OCH3 is 1. The number of hydrogen-bond donors (Lipinski definition) is 0. The predicted octanol–water partition coefficient (Wildman–Crippen LogP) is 6.06. The van der Waals surface area contributed by atoms with Gasteiger partial charge in [-0.25, -0.2) is 14.4 Å². The maximum absolute atomic E-state index is 13.5. The molecule has 1 aliphatic heterocycles. The van der Waals surface area contributed by atoms with Crippen LogP contribution in [0.4, 0.5) is 0 Å². The Bertz CT molecular complexity index is 1390. The van der Waals surface area contributed by atoms with Crippen LogP contribution in [0.5, 0.6) is 0 Å². The minimum Gasteiger partial charge on any atom is -0.459 e. The fourth-order valence-electron chi connectivity index (χ4n) is 4.47. The average molecular weight is 621 g/mol. The number of carbonyl (C=O) groups excluding carboxylic acids is 3. The van der Waals surface area contributed by atoms with Gasteiger partial charge in [-0.2, -0.15) is 0 Å². The minimum atomic E-state index is -2.59. The van der Waals surface area contributed by atoms with E-state index in [0.717, 1.165) is 0 Å². The molecule has 0 spiro atoms. The fraction of sp³-hybridized carbons (Fsp3) is 0.382. The van der Waals surface area contributed by atoms with Crippen LogP contribution in [-0.4, -0.2) is 70.6 Å². The van der Waals surface area contributed by atoms with Crippen LogP contribution in [-0.2, 0) is 28.1 Å². The second kappa shape index (κ2) is 14.3. The van der Waals surface area contributed by atoms with Gasteiger partial charge in [0.25, 0.3) is 0 Å². The molecule has 1 fully saturated rings. The highest BCUT2D eigenvalue weighted by molar-refractivity contribution is 6.74. The molecule has 1 saturated heterocycles. The van der Waals surface area contributed by atoms with Crippen molar-refractivity contribution in [2.45, 2.75) is 69.6 Å². The SMILES string of the molecule is CO[C@H]1O[C@H](COC(=O)c2ccccc2)[C@H](O[Si](C)(C)C(C)(C)C)[C@H](OC(=O)c2ccccc2)[C@H]1OC(=O)c1ccccc1. The molecule has 44 heavy (non-hydrogen) atoms. The Morgan fingerprint density at radius 1 is 0.682 bits per heavy atom. The van der Waals surface area contributed by atoms with E-state index < -0.39 is 56.9 Å². The van der Waals surface area contributed by atoms with Crippen LogP contribution in [0.1, 0.15) is 51.8 Å². The Labute approximate surface area is 259 Å². The van der Waals surface area contributed by atoms with E-state index in [4.69, 9.17) is 28.1 Å². The van der Waals surface area contributed by atoms with Crippen LogP contribution in [0.25, 0.3) is 0 Å². The Hall–Kier alpha value is -3.83. The Morgan fingerprint density at radius 2 is 1.11 bits per heavy atom. The first kappa shape index (κ1) is 33.1. The van der Waals surface area contributed by atoms with Crippen molar-refractivity contribution in [1.82, 2.24) is 0 Å². The number of rotatable bonds is 10. The zero-order chi connectivity index (χ0) is 31.9. The Morgan fingerprint density at radius 3 is 1.55 bits per heavy atom. The van der Waals surface area contributed by atoms with Crippen molar-refractivity contribution in [2.75, 3.05) is 13.7 Å². The molecular formula is C34H40O9Si. The second-order valence-electron chi connectivity index (χ2n) is 12.1. The van der Waals surface area contributed by atoms with E-state index in [-0.39, 0.29) is 11.6 Å². The molecule has 0 aromatic heterocycles. The van der Waals surface area contributed by atoms with Crippen molar-refractivity contribution in [3.05, 3.63) is 108 Å². The van der Waals surface area contributed by atoms with Crippen LogP contribution in [0.3, 0.4) is 0 Å². The Balaban J connectivity index is 1.73. The number of benzene rings is 3. The van der Waals surface area contributed by atoms with E-state index in [1.807, 2.05) is 13.1 Å². The maximum atomic E-state index is 13.5. The monoisotopic (exact) mass is 620 g/mol. The summed E-state index contributed by atoms with van der Waals surface area (Å²) < 4.78 is 36.6. The first-order chi connectivity index (χ1) is 20.9. The molecule has 0 N–H and O–H groups in total. The average Bonchev–Trinajstić information content (AvgIpc) is 3.02. The highest BCUT2D eigenvalue weighted by atomic mass is 28.4. The van der Waals surface area contributed by atoms with Crippen molar-refractivity contribution in [3.63, 3.8) is 0 Å². The normalized spacial score (nSPS) is 22.1. The summed E-state index contributed by atoms with van der Waals surface area (Å²) in [5, 5.41) is -0.249. The standard InChI is InChI=1S/C34H40O9Si/c1-34(2,3)44(5,6)43-27-26(22-39-30(35)23-16-10-7-11-17-23)40-33(38-4)29(42-32(37)25-20-14-9-15-21-25)28(27)41-31(36)24-18-12-8-13-19-24/h7-21,26-29,33H,22H2,1-6H3/t26-,27+,28+,29-,33+/m1/s1. The third-order valence-corrected chi connectivity index (χ3v) is 12.4. The summed E-state index contributed by atoms with van der Waals surface area (Å²) in [6.45, 7) is 10.1. The lowest BCUT2D eigenvalue weighted by atomic mass is 9.98. The smallest absolute Gasteiger partial charge is 0.338 e. The molecule has 234 valence electrons. The third-order valence-electron chi connectivity index (χ3n) is 7.95. The molecule has 4 rings (SSSR count). The summed E-state index contributed by atoms with van der Waals surface area (Å²) in [6, 6.07) is 25.5. The molecule has 0 bridgehead atoms. The zero-order valence-electron chi connectivity index (χ0n) is 25.9. The fourth-order valence-corrected chi connectivity index (χ4v) is 5.79. The molecule has 3 aromatic carbocycles. The molecule has 10 heteroatoms. The lowest BCUT2D eigenvalue weighted by Crippen LogP contribution is -2.65. The summed E-state index contributed by atoms with van der Waals surface area (Å²) in [6.07, 6.45) is -5.47. The van der Waals surface area contributed by atoms with Gasteiger partial charge in [0.1, 0.15) is 18.8 Å². The molecule has 0 saturated carbocycles. The first-order valence-corrected chi connectivity index (χ1v) is 17.4. The van der Waals surface area contributed by atoms with Crippen molar-refractivity contribution in [3.8, 4) is 0 Å². The number of carbonyl (C=O) groups is 3. The molecular weight excluding hydrogens is 580 g/mol. The largest absolute Gasteiger partial charge is 0.459 e. The van der Waals surface area contributed by atoms with E-state index in [9.17, 15) is 14.4 Å². The molecule has 0 unspecified atom stereocenters. The van der Waals surface area contributed by atoms with Gasteiger partial charge in [0.15, 0.2) is 26.8 Å². The summed E-state index contributed by atoms with van der Waals surface area (Å²) in [5.41, 5.74) is 0.977. The topological polar surface area (TPSA) is 107 Å². The van der Waals surface area contributed by atoms with Crippen molar-refractivity contribution < 1.29 is 42.5 Å². The zero-order valence-corrected chi connectivity index (χ0v) is 26.9. The lowest BCUT2D eigenvalue weighted by molar-refractivity contribution is -0.289. The van der Waals surface area contributed by atoms with Gasteiger partial charge in [0.2, 0.25) is 0 Å². The highest BCUT2D eigenvalue weighted by Gasteiger charge is 2.54. The number of hydrogen-bond acceptors (Lipinski definition) is 9. The predicted molar refractivity (Wildman–Crippen MR) is 166 cm³/mol. The molecule has 1 aliphatic rings. The second-order valence-corrected chi connectivity index (χ2v) is 16.8. The molecule has 0 aliphatic carbocycles. The van der Waals surface area contributed by atoms with Crippen LogP contribution < -0.4 is 0 Å². The van der Waals surface area contributed by atoms with Crippen LogP contribution in [0.2, 0.25) is 18.1 Å². The molecule has 5 atom stereocenters. The lowest BCUT2D eigenvalue weighted by Gasteiger charge is -2.48. The minimum absolute atomic E-state index is 0.231. The van der Waals surface area contributed by atoms with Gasteiger partial charge >= 0.3 is 17.9 Å². The summed E-state index contributed by atoms with van der Waals surface area (Å²) in [4.78, 5) is 39.7. The van der Waals surface area contributed by atoms with Gasteiger partial charge < -0.3 is 28.1 Å². The molecule has 3 aromatic rings. The molecule has 0 radical (unpaired) electrons. The third kappa shape index (κ3) is 8.00. The van der Waals surface area contributed by atoms with Crippen molar-refractivity contribution in [2.24, 2.45) is 0 Å². The first-order valence-electron chi connectivity index (χ1n) is 14.5. The maximum Gasteiger partial charge on any atom is 0.338 e. The highest BCUT2D eigenvalue weighted by Crippen LogP contribution is 2.40. The van der Waals surface area contributed by atoms with Crippen molar-refractivity contribution in [1.29, 1.82) is 0 Å². The molecule has 0 amide bonds. The summed E-state index contributed by atoms with van der Waals surface area (Å²) in [5.74, 6) is -1.84. The van der Waals surface area contributed by atoms with Gasteiger partial charge in [0.05, 0.1) is 16.7 Å². The van der Waals surface area contributed by atoms with E-state index in [0.29, 0.717) is 16.7 Å². The van der Waals surface area contributed by atoms with E-state index in [1.54, 1.807) is 91.0 Å². The van der Waals surface area contributed by atoms with Crippen LogP contribution >= 0.6 is 0 Å². The number of ether oxygens (including phenoxy) is 5. The quantitative estimate of drug-likeness (QED) is 0.152. The van der Waals surface area contributed by atoms with Gasteiger partial charge in [-0.3, -0.25) is 0 Å².